The average molecular weight is 446 g/mol. The molecule has 0 N–H and O–H groups in total. The van der Waals surface area contributed by atoms with Gasteiger partial charge in [0.05, 0.1) is 12.7 Å². The normalized spacial score (nSPS) is 15.5. The molecule has 8 heteroatoms. The molecule has 0 radical (unpaired) electrons. The second-order valence-electron chi connectivity index (χ2n) is 7.44. The maximum atomic E-state index is 13.0. The molecule has 2 aromatic rings. The van der Waals surface area contributed by atoms with Crippen molar-refractivity contribution in [2.24, 2.45) is 0 Å². The molecular formula is C23H27NO6S. The molecule has 1 unspecified atom stereocenters. The molecule has 0 aliphatic carbocycles. The smallest absolute Gasteiger partial charge is 0.338 e. The zero-order valence-electron chi connectivity index (χ0n) is 18.0. The minimum atomic E-state index is -3.80. The van der Waals surface area contributed by atoms with Crippen molar-refractivity contribution in [1.82, 2.24) is 4.31 Å². The first kappa shape index (κ1) is 23.0. The molecule has 3 rings (SSSR count). The fourth-order valence-electron chi connectivity index (χ4n) is 3.49. The number of methoxy groups -OCH3 is 1. The highest BCUT2D eigenvalue weighted by Gasteiger charge is 2.31. The van der Waals surface area contributed by atoms with Gasteiger partial charge in [-0.25, -0.2) is 13.2 Å². The first-order valence-corrected chi connectivity index (χ1v) is 11.7. The van der Waals surface area contributed by atoms with Gasteiger partial charge in [0.25, 0.3) is 0 Å². The van der Waals surface area contributed by atoms with Crippen molar-refractivity contribution < 1.29 is 27.5 Å². The summed E-state index contributed by atoms with van der Waals surface area (Å²) < 4.78 is 37.9. The van der Waals surface area contributed by atoms with Gasteiger partial charge in [-0.1, -0.05) is 31.2 Å². The topological polar surface area (TPSA) is 90.0 Å². The molecule has 166 valence electrons. The van der Waals surface area contributed by atoms with E-state index >= 15 is 0 Å². The predicted molar refractivity (Wildman–Crippen MR) is 116 cm³/mol. The van der Waals surface area contributed by atoms with Crippen LogP contribution in [0.1, 0.15) is 53.0 Å². The van der Waals surface area contributed by atoms with E-state index in [1.54, 1.807) is 12.1 Å². The van der Waals surface area contributed by atoms with Crippen LogP contribution in [-0.2, 0) is 21.2 Å². The largest absolute Gasteiger partial charge is 0.495 e. The summed E-state index contributed by atoms with van der Waals surface area (Å²) in [5.41, 5.74) is 1.59. The third-order valence-electron chi connectivity index (χ3n) is 5.38. The second kappa shape index (κ2) is 9.62. The van der Waals surface area contributed by atoms with Gasteiger partial charge in [-0.3, -0.25) is 4.79 Å². The summed E-state index contributed by atoms with van der Waals surface area (Å²) in [6.45, 7) is 4.39. The summed E-state index contributed by atoms with van der Waals surface area (Å²) in [5, 5.41) is 0. The van der Waals surface area contributed by atoms with Crippen molar-refractivity contribution in [3.05, 3.63) is 59.2 Å². The van der Waals surface area contributed by atoms with Crippen molar-refractivity contribution in [2.75, 3.05) is 20.2 Å². The number of rotatable bonds is 8. The second-order valence-corrected chi connectivity index (χ2v) is 9.35. The van der Waals surface area contributed by atoms with E-state index in [1.807, 2.05) is 19.1 Å². The quantitative estimate of drug-likeness (QED) is 0.457. The zero-order valence-corrected chi connectivity index (χ0v) is 18.8. The number of sulfonamides is 1. The van der Waals surface area contributed by atoms with Gasteiger partial charge in [0, 0.05) is 18.7 Å². The maximum absolute atomic E-state index is 13.0. The van der Waals surface area contributed by atoms with E-state index in [1.165, 1.54) is 36.5 Å². The number of hydrogen-bond acceptors (Lipinski definition) is 6. The van der Waals surface area contributed by atoms with Crippen LogP contribution in [0.25, 0.3) is 0 Å². The van der Waals surface area contributed by atoms with E-state index in [2.05, 4.69) is 0 Å². The molecule has 1 atom stereocenters. The Morgan fingerprint density at radius 2 is 1.65 bits per heavy atom. The number of carbonyl (C=O) groups excluding carboxylic acids is 2. The molecule has 0 aromatic heterocycles. The van der Waals surface area contributed by atoms with Crippen LogP contribution in [0.3, 0.4) is 0 Å². The van der Waals surface area contributed by atoms with Crippen molar-refractivity contribution in [2.45, 2.75) is 44.1 Å². The first-order valence-electron chi connectivity index (χ1n) is 10.3. The van der Waals surface area contributed by atoms with Gasteiger partial charge in [-0.05, 0) is 49.9 Å². The first-order chi connectivity index (χ1) is 14.8. The molecular weight excluding hydrogens is 418 g/mol. The number of carbonyl (C=O) groups is 2. The van der Waals surface area contributed by atoms with E-state index in [4.69, 9.17) is 9.47 Å². The van der Waals surface area contributed by atoms with Gasteiger partial charge < -0.3 is 9.47 Å². The third-order valence-corrected chi connectivity index (χ3v) is 7.30. The lowest BCUT2D eigenvalue weighted by atomic mass is 10.0. The van der Waals surface area contributed by atoms with Crippen LogP contribution < -0.4 is 4.74 Å². The summed E-state index contributed by atoms with van der Waals surface area (Å²) >= 11 is 0. The van der Waals surface area contributed by atoms with E-state index in [0.717, 1.165) is 24.8 Å². The number of nitrogens with zero attached hydrogens (tertiary/aromatic N) is 1. The highest BCUT2D eigenvalue weighted by molar-refractivity contribution is 7.89. The van der Waals surface area contributed by atoms with Crippen molar-refractivity contribution in [3.8, 4) is 5.75 Å². The Balaban J connectivity index is 1.80. The summed E-state index contributed by atoms with van der Waals surface area (Å²) in [6, 6.07) is 11.2. The Hall–Kier alpha value is -2.71. The van der Waals surface area contributed by atoms with Crippen LogP contribution in [0.15, 0.2) is 47.4 Å². The number of Topliss-reactive ketones (excluding diaryl/α,β-unsaturated/α-hetero) is 1. The van der Waals surface area contributed by atoms with Gasteiger partial charge in [0.2, 0.25) is 15.8 Å². The molecule has 0 bridgehead atoms. The summed E-state index contributed by atoms with van der Waals surface area (Å²) in [6.07, 6.45) is 1.43. The lowest BCUT2D eigenvalue weighted by molar-refractivity contribution is 0.0318. The molecule has 0 spiro atoms. The third kappa shape index (κ3) is 4.97. The molecule has 31 heavy (non-hydrogen) atoms. The summed E-state index contributed by atoms with van der Waals surface area (Å²) in [7, 11) is -2.42. The van der Waals surface area contributed by atoms with Crippen molar-refractivity contribution in [1.29, 1.82) is 0 Å². The number of hydrogen-bond donors (Lipinski definition) is 0. The highest BCUT2D eigenvalue weighted by Crippen LogP contribution is 2.30. The molecule has 1 fully saturated rings. The SMILES string of the molecule is CCc1ccc(C(=O)C(C)OC(=O)c2ccc(OC)c(S(=O)(=O)N3CCCC3)c2)cc1. The Labute approximate surface area is 183 Å². The fourth-order valence-corrected chi connectivity index (χ4v) is 5.19. The fraction of sp³-hybridized carbons (Fsp3) is 0.391. The Kier molecular flexibility index (Phi) is 7.12. The lowest BCUT2D eigenvalue weighted by Gasteiger charge is -2.18. The predicted octanol–water partition coefficient (Wildman–Crippen LogP) is 3.47. The summed E-state index contributed by atoms with van der Waals surface area (Å²) in [4.78, 5) is 25.2. The molecule has 0 saturated carbocycles. The number of ketones is 1. The molecule has 1 aliphatic heterocycles. The van der Waals surface area contributed by atoms with E-state index in [9.17, 15) is 18.0 Å². The van der Waals surface area contributed by atoms with Crippen LogP contribution in [0.5, 0.6) is 5.75 Å². The molecule has 2 aromatic carbocycles. The molecule has 0 amide bonds. The number of aryl methyl sites for hydroxylation is 1. The van der Waals surface area contributed by atoms with Gasteiger partial charge in [-0.15, -0.1) is 0 Å². The highest BCUT2D eigenvalue weighted by atomic mass is 32.2. The van der Waals surface area contributed by atoms with Crippen molar-refractivity contribution >= 4 is 21.8 Å². The number of benzene rings is 2. The number of esters is 1. The van der Waals surface area contributed by atoms with E-state index < -0.39 is 22.1 Å². The average Bonchev–Trinajstić information content (AvgIpc) is 3.34. The zero-order chi connectivity index (χ0) is 22.6. The minimum Gasteiger partial charge on any atom is -0.495 e. The van der Waals surface area contributed by atoms with Gasteiger partial charge in [-0.2, -0.15) is 4.31 Å². The molecule has 1 aliphatic rings. The van der Waals surface area contributed by atoms with Crippen LogP contribution in [0.4, 0.5) is 0 Å². The minimum absolute atomic E-state index is 0.0413. The van der Waals surface area contributed by atoms with Crippen molar-refractivity contribution in [3.63, 3.8) is 0 Å². The maximum Gasteiger partial charge on any atom is 0.338 e. The monoisotopic (exact) mass is 445 g/mol. The number of ether oxygens (including phenoxy) is 2. The standard InChI is InChI=1S/C23H27NO6S/c1-4-17-7-9-18(10-8-17)22(25)16(2)30-23(26)19-11-12-20(29-3)21(15-19)31(27,28)24-13-5-6-14-24/h7-12,15-16H,4-6,13-14H2,1-3H3. The van der Waals surface area contributed by atoms with Crippen LogP contribution in [0.2, 0.25) is 0 Å². The summed E-state index contributed by atoms with van der Waals surface area (Å²) in [5.74, 6) is -0.940. The Bertz CT molecular complexity index is 1060. The van der Waals surface area contributed by atoms with Crippen LogP contribution in [-0.4, -0.2) is 50.8 Å². The van der Waals surface area contributed by atoms with Gasteiger partial charge in [0.15, 0.2) is 6.10 Å². The van der Waals surface area contributed by atoms with E-state index in [-0.39, 0.29) is 22.0 Å². The molecule has 1 heterocycles. The van der Waals surface area contributed by atoms with Gasteiger partial charge >= 0.3 is 5.97 Å². The van der Waals surface area contributed by atoms with Crippen LogP contribution in [0, 0.1) is 0 Å². The molecule has 7 nitrogen and oxygen atoms in total. The molecule has 1 saturated heterocycles. The van der Waals surface area contributed by atoms with Crippen LogP contribution >= 0.6 is 0 Å². The lowest BCUT2D eigenvalue weighted by Crippen LogP contribution is -2.28. The Morgan fingerprint density at radius 3 is 2.23 bits per heavy atom. The van der Waals surface area contributed by atoms with E-state index in [0.29, 0.717) is 18.7 Å². The van der Waals surface area contributed by atoms with Gasteiger partial charge in [0.1, 0.15) is 10.6 Å². The Morgan fingerprint density at radius 1 is 1.03 bits per heavy atom.